The van der Waals surface area contributed by atoms with E-state index in [0.29, 0.717) is 5.56 Å². The molecule has 5 rings (SSSR count). The van der Waals surface area contributed by atoms with E-state index in [0.717, 1.165) is 30.3 Å². The van der Waals surface area contributed by atoms with Gasteiger partial charge in [0.1, 0.15) is 53.5 Å². The summed E-state index contributed by atoms with van der Waals surface area (Å²) in [5.74, 6) is -5.06. The van der Waals surface area contributed by atoms with Gasteiger partial charge in [-0.3, -0.25) is 4.79 Å². The van der Waals surface area contributed by atoms with Crippen molar-refractivity contribution in [3.8, 4) is 51.6 Å². The highest BCUT2D eigenvalue weighted by Crippen LogP contribution is 2.39. The first-order valence-corrected chi connectivity index (χ1v) is 13.1. The third-order valence-corrected chi connectivity index (χ3v) is 6.86. The van der Waals surface area contributed by atoms with Gasteiger partial charge >= 0.3 is 5.97 Å². The van der Waals surface area contributed by atoms with E-state index in [1.807, 2.05) is 0 Å². The Morgan fingerprint density at radius 1 is 0.800 bits per heavy atom. The van der Waals surface area contributed by atoms with E-state index in [2.05, 4.69) is 0 Å². The number of hydrogen-bond acceptors (Lipinski definition) is 15. The third-order valence-electron chi connectivity index (χ3n) is 6.86. The molecule has 236 valence electrons. The number of esters is 1. The van der Waals surface area contributed by atoms with Crippen LogP contribution in [0.5, 0.6) is 40.2 Å². The van der Waals surface area contributed by atoms with Crippen molar-refractivity contribution in [2.75, 3.05) is 6.61 Å². The van der Waals surface area contributed by atoms with Gasteiger partial charge < -0.3 is 64.6 Å². The zero-order chi connectivity index (χ0) is 32.6. The maximum absolute atomic E-state index is 13.6. The summed E-state index contributed by atoms with van der Waals surface area (Å²) in [5, 5.41) is 90.2. The maximum atomic E-state index is 13.6. The molecule has 0 unspecified atom stereocenters. The maximum Gasteiger partial charge on any atom is 0.330 e. The molecule has 3 aromatic carbocycles. The lowest BCUT2D eigenvalue weighted by molar-refractivity contribution is -0.278. The molecule has 0 bridgehead atoms. The van der Waals surface area contributed by atoms with Crippen molar-refractivity contribution in [1.82, 2.24) is 0 Å². The van der Waals surface area contributed by atoms with Gasteiger partial charge in [-0.05, 0) is 42.0 Å². The number of aliphatic hydroxyl groups is 3. The number of phenols is 6. The van der Waals surface area contributed by atoms with Gasteiger partial charge in [-0.1, -0.05) is 6.07 Å². The minimum atomic E-state index is -1.97. The molecule has 4 aromatic rings. The van der Waals surface area contributed by atoms with Crippen LogP contribution in [0.3, 0.4) is 0 Å². The van der Waals surface area contributed by atoms with Crippen molar-refractivity contribution in [3.63, 3.8) is 0 Å². The Kier molecular flexibility index (Phi) is 8.43. The molecule has 0 saturated carbocycles. The molecule has 0 radical (unpaired) electrons. The van der Waals surface area contributed by atoms with Gasteiger partial charge in [0.25, 0.3) is 0 Å². The van der Waals surface area contributed by atoms with E-state index in [9.17, 15) is 55.5 Å². The number of fused-ring (bicyclic) bond motifs is 1. The second-order valence-corrected chi connectivity index (χ2v) is 9.98. The fourth-order valence-electron chi connectivity index (χ4n) is 4.52. The number of rotatable bonds is 7. The van der Waals surface area contributed by atoms with Crippen LogP contribution < -0.4 is 10.2 Å². The first-order valence-electron chi connectivity index (χ1n) is 13.1. The number of phenolic OH excluding ortho intramolecular Hbond substituents is 6. The molecule has 0 amide bonds. The molecule has 15 nitrogen and oxygen atoms in total. The van der Waals surface area contributed by atoms with Crippen molar-refractivity contribution in [2.45, 2.75) is 30.7 Å². The van der Waals surface area contributed by atoms with Gasteiger partial charge in [0.2, 0.25) is 17.5 Å². The predicted octanol–water partition coefficient (Wildman–Crippen LogP) is 1.14. The molecule has 1 fully saturated rings. The highest BCUT2D eigenvalue weighted by atomic mass is 16.7. The molecule has 1 saturated heterocycles. The summed E-state index contributed by atoms with van der Waals surface area (Å²) in [6.45, 7) is -0.667. The number of hydrogen-bond donors (Lipinski definition) is 9. The average molecular weight is 627 g/mol. The predicted molar refractivity (Wildman–Crippen MR) is 152 cm³/mol. The molecule has 5 atom stereocenters. The van der Waals surface area contributed by atoms with Crippen LogP contribution in [0.4, 0.5) is 0 Å². The van der Waals surface area contributed by atoms with Crippen molar-refractivity contribution in [3.05, 3.63) is 70.4 Å². The van der Waals surface area contributed by atoms with Gasteiger partial charge in [-0.25, -0.2) is 4.79 Å². The van der Waals surface area contributed by atoms with Crippen LogP contribution in [0, 0.1) is 0 Å². The van der Waals surface area contributed by atoms with E-state index in [1.165, 1.54) is 30.3 Å². The van der Waals surface area contributed by atoms with Gasteiger partial charge in [0, 0.05) is 23.8 Å². The summed E-state index contributed by atoms with van der Waals surface area (Å²) in [5.41, 5.74) is -1.02. The highest BCUT2D eigenvalue weighted by molar-refractivity contribution is 5.88. The molecular formula is C30H26O15. The summed E-state index contributed by atoms with van der Waals surface area (Å²) in [6, 6.07) is 9.02. The quantitative estimate of drug-likeness (QED) is 0.0791. The Bertz CT molecular complexity index is 1850. The van der Waals surface area contributed by atoms with Crippen LogP contribution in [0.25, 0.3) is 28.4 Å². The molecule has 2 heterocycles. The lowest BCUT2D eigenvalue weighted by Gasteiger charge is -2.39. The number of carbonyl (C=O) groups excluding carboxylic acids is 1. The fraction of sp³-hybridized carbons (Fsp3) is 0.200. The van der Waals surface area contributed by atoms with Gasteiger partial charge in [0.05, 0.1) is 0 Å². The number of aromatic hydroxyl groups is 6. The number of aliphatic hydroxyl groups excluding tert-OH is 3. The minimum Gasteiger partial charge on any atom is -0.508 e. The number of carbonyl (C=O) groups is 1. The SMILES string of the molecule is O=C(C=Cc1ccc(O)c(O)c1)OC[C@H]1O[C@@H](Oc2c(-c3ccc(O)c(O)c3)oc3cc(O)cc(O)c3c2=O)[C@H](O)[C@@H](O)[C@H]1O. The standard InChI is InChI=1S/C30H26O15/c31-14-9-19(36)23-20(10-14)43-28(13-3-5-16(33)18(35)8-13)29(25(23)39)45-30-27(41)26(40)24(38)21(44-30)11-42-22(37)6-2-12-1-4-15(32)17(34)7-12/h1-10,21,24,26-27,30-36,38,40-41H,11H2/t21-,24+,26+,27-,30+/m1/s1. The monoisotopic (exact) mass is 626 g/mol. The van der Waals surface area contributed by atoms with Crippen molar-refractivity contribution < 1.29 is 69.4 Å². The summed E-state index contributed by atoms with van der Waals surface area (Å²) in [7, 11) is 0. The van der Waals surface area contributed by atoms with E-state index in [1.54, 1.807) is 0 Å². The zero-order valence-electron chi connectivity index (χ0n) is 22.8. The van der Waals surface area contributed by atoms with Crippen LogP contribution in [-0.4, -0.2) is 89.2 Å². The Hall–Kier alpha value is -5.48. The summed E-state index contributed by atoms with van der Waals surface area (Å²) < 4.78 is 22.0. The largest absolute Gasteiger partial charge is 0.508 e. The Labute approximate surface area is 251 Å². The molecule has 15 heteroatoms. The first-order chi connectivity index (χ1) is 21.3. The molecule has 1 aliphatic rings. The molecule has 0 aliphatic carbocycles. The van der Waals surface area contributed by atoms with Crippen molar-refractivity contribution >= 4 is 23.0 Å². The molecule has 45 heavy (non-hydrogen) atoms. The fourth-order valence-corrected chi connectivity index (χ4v) is 4.52. The Morgan fingerprint density at radius 3 is 2.18 bits per heavy atom. The molecule has 0 spiro atoms. The second-order valence-electron chi connectivity index (χ2n) is 9.98. The van der Waals surface area contributed by atoms with Crippen LogP contribution >= 0.6 is 0 Å². The lowest BCUT2D eigenvalue weighted by Crippen LogP contribution is -2.60. The molecule has 1 aliphatic heterocycles. The van der Waals surface area contributed by atoms with Gasteiger partial charge in [-0.2, -0.15) is 0 Å². The molecule has 1 aromatic heterocycles. The molecular weight excluding hydrogens is 600 g/mol. The minimum absolute atomic E-state index is 0.0350. The Balaban J connectivity index is 1.43. The van der Waals surface area contributed by atoms with Gasteiger partial charge in [-0.15, -0.1) is 0 Å². The molecule has 9 N–H and O–H groups in total. The number of ether oxygens (including phenoxy) is 3. The van der Waals surface area contributed by atoms with Crippen molar-refractivity contribution in [1.29, 1.82) is 0 Å². The highest BCUT2D eigenvalue weighted by Gasteiger charge is 2.46. The zero-order valence-corrected chi connectivity index (χ0v) is 22.8. The van der Waals surface area contributed by atoms with Gasteiger partial charge in [0.15, 0.2) is 28.8 Å². The summed E-state index contributed by atoms with van der Waals surface area (Å²) >= 11 is 0. The van der Waals surface area contributed by atoms with E-state index >= 15 is 0 Å². The normalized spacial score (nSPS) is 21.6. The average Bonchev–Trinajstić information content (AvgIpc) is 2.99. The van der Waals surface area contributed by atoms with E-state index < -0.39 is 94.4 Å². The smallest absolute Gasteiger partial charge is 0.330 e. The van der Waals surface area contributed by atoms with Crippen LogP contribution in [0.2, 0.25) is 0 Å². The summed E-state index contributed by atoms with van der Waals surface area (Å²) in [4.78, 5) is 25.8. The first kappa shape index (κ1) is 31.0. The van der Waals surface area contributed by atoms with Crippen LogP contribution in [0.15, 0.2) is 63.8 Å². The van der Waals surface area contributed by atoms with Crippen LogP contribution in [0.1, 0.15) is 5.56 Å². The lowest BCUT2D eigenvalue weighted by atomic mass is 9.99. The van der Waals surface area contributed by atoms with Crippen molar-refractivity contribution in [2.24, 2.45) is 0 Å². The number of benzene rings is 3. The topological polar surface area (TPSA) is 257 Å². The second kappa shape index (κ2) is 12.3. The van der Waals surface area contributed by atoms with E-state index in [4.69, 9.17) is 18.6 Å². The Morgan fingerprint density at radius 2 is 1.49 bits per heavy atom. The van der Waals surface area contributed by atoms with Crippen LogP contribution in [-0.2, 0) is 14.3 Å². The third kappa shape index (κ3) is 6.27. The summed E-state index contributed by atoms with van der Waals surface area (Å²) in [6.07, 6.45) is -6.85. The van der Waals surface area contributed by atoms with E-state index in [-0.39, 0.29) is 16.9 Å².